The number of phenols is 1. The Morgan fingerprint density at radius 1 is 1.17 bits per heavy atom. The van der Waals surface area contributed by atoms with Crippen molar-refractivity contribution in [3.05, 3.63) is 28.5 Å². The summed E-state index contributed by atoms with van der Waals surface area (Å²) >= 11 is 6.55. The third kappa shape index (κ3) is 4.19. The van der Waals surface area contributed by atoms with Gasteiger partial charge < -0.3 is 24.2 Å². The lowest BCUT2D eigenvalue weighted by atomic mass is 9.95. The van der Waals surface area contributed by atoms with E-state index in [0.29, 0.717) is 54.5 Å². The molecule has 8 rings (SSSR count). The van der Waals surface area contributed by atoms with Crippen molar-refractivity contribution in [2.75, 3.05) is 51.0 Å². The van der Waals surface area contributed by atoms with Gasteiger partial charge in [0.15, 0.2) is 5.82 Å². The lowest BCUT2D eigenvalue weighted by molar-refractivity contribution is 0.0774. The van der Waals surface area contributed by atoms with E-state index >= 15 is 4.39 Å². The summed E-state index contributed by atoms with van der Waals surface area (Å²) in [7, 11) is 0. The number of hydrogen-bond donors (Lipinski definition) is 1. The number of halogens is 3. The zero-order valence-electron chi connectivity index (χ0n) is 22.4. The van der Waals surface area contributed by atoms with Gasteiger partial charge in [0.1, 0.15) is 47.5 Å². The minimum absolute atomic E-state index is 0.00977. The Bertz CT molecular complexity index is 1560. The summed E-state index contributed by atoms with van der Waals surface area (Å²) in [5, 5.41) is 11.1. The average molecular weight is 586 g/mol. The van der Waals surface area contributed by atoms with Gasteiger partial charge in [-0.15, -0.1) is 0 Å². The highest BCUT2D eigenvalue weighted by molar-refractivity contribution is 6.32. The highest BCUT2D eigenvalue weighted by atomic mass is 35.5. The van der Waals surface area contributed by atoms with Crippen molar-refractivity contribution in [3.63, 3.8) is 0 Å². The molecule has 0 amide bonds. The lowest BCUT2D eigenvalue weighted by Gasteiger charge is -2.35. The lowest BCUT2D eigenvalue weighted by Crippen LogP contribution is -2.48. The second-order valence-corrected chi connectivity index (χ2v) is 12.3. The fourth-order valence-electron chi connectivity index (χ4n) is 7.14. The minimum atomic E-state index is -0.893. The Balaban J connectivity index is 1.29. The molecule has 0 bridgehead atoms. The minimum Gasteiger partial charge on any atom is -0.508 e. The summed E-state index contributed by atoms with van der Waals surface area (Å²) in [4.78, 5) is 18.2. The van der Waals surface area contributed by atoms with E-state index in [-0.39, 0.29) is 54.0 Å². The fourth-order valence-corrected chi connectivity index (χ4v) is 7.51. The van der Waals surface area contributed by atoms with E-state index in [0.717, 1.165) is 37.8 Å². The summed E-state index contributed by atoms with van der Waals surface area (Å²) in [5.41, 5.74) is 0.811. The molecule has 0 spiro atoms. The number of hydrogen-bond acceptors (Lipinski definition) is 9. The molecular weight excluding hydrogens is 556 g/mol. The van der Waals surface area contributed by atoms with Crippen LogP contribution in [0.25, 0.3) is 22.2 Å². The highest BCUT2D eigenvalue weighted by Gasteiger charge is 2.49. The topological polar surface area (TPSA) is 93.1 Å². The van der Waals surface area contributed by atoms with Crippen molar-refractivity contribution in [2.24, 2.45) is 0 Å². The molecule has 3 saturated heterocycles. The monoisotopic (exact) mass is 585 g/mol. The van der Waals surface area contributed by atoms with Crippen LogP contribution in [0, 0.1) is 5.82 Å². The summed E-state index contributed by atoms with van der Waals surface area (Å²) in [6.45, 7) is 3.19. The molecule has 3 atom stereocenters. The van der Waals surface area contributed by atoms with Crippen LogP contribution in [0.4, 0.5) is 14.6 Å². The summed E-state index contributed by atoms with van der Waals surface area (Å²) in [6.07, 6.45) is 3.18. The number of aromatic hydroxyl groups is 1. The van der Waals surface area contributed by atoms with Crippen LogP contribution in [0.3, 0.4) is 0 Å². The van der Waals surface area contributed by atoms with E-state index in [4.69, 9.17) is 30.8 Å². The van der Waals surface area contributed by atoms with Gasteiger partial charge in [0.2, 0.25) is 5.88 Å². The number of pyridine rings is 1. The molecule has 0 radical (unpaired) electrons. The van der Waals surface area contributed by atoms with E-state index in [9.17, 15) is 9.50 Å². The van der Waals surface area contributed by atoms with Crippen molar-refractivity contribution >= 4 is 28.3 Å². The Morgan fingerprint density at radius 3 is 2.90 bits per heavy atom. The van der Waals surface area contributed by atoms with Gasteiger partial charge in [-0.05, 0) is 55.8 Å². The first-order chi connectivity index (χ1) is 19.9. The van der Waals surface area contributed by atoms with Gasteiger partial charge >= 0.3 is 6.01 Å². The largest absolute Gasteiger partial charge is 0.508 e. The molecule has 2 aromatic heterocycles. The van der Waals surface area contributed by atoms with Gasteiger partial charge in [0, 0.05) is 30.1 Å². The number of nitrogens with zero attached hydrogens (tertiary/aromatic N) is 5. The van der Waals surface area contributed by atoms with Gasteiger partial charge in [0.05, 0.1) is 24.8 Å². The van der Waals surface area contributed by atoms with Gasteiger partial charge in [-0.3, -0.25) is 4.90 Å². The molecule has 6 heterocycles. The normalized spacial score (nSPS) is 27.4. The maximum atomic E-state index is 16.7. The Labute approximate surface area is 240 Å². The van der Waals surface area contributed by atoms with Crippen LogP contribution in [0.1, 0.15) is 43.6 Å². The number of rotatable bonds is 5. The first-order valence-corrected chi connectivity index (χ1v) is 14.7. The quantitative estimate of drug-likeness (QED) is 0.460. The maximum Gasteiger partial charge on any atom is 0.319 e. The van der Waals surface area contributed by atoms with Gasteiger partial charge in [-0.2, -0.15) is 9.97 Å². The molecular formula is C29H30ClF2N5O4. The number of alkyl halides is 1. The Kier molecular flexibility index (Phi) is 5.95. The summed E-state index contributed by atoms with van der Waals surface area (Å²) < 4.78 is 49.1. The number of phenolic OH excluding ortho intramolecular Hbond substituents is 1. The molecule has 4 aliphatic heterocycles. The zero-order chi connectivity index (χ0) is 27.9. The van der Waals surface area contributed by atoms with Crippen LogP contribution < -0.4 is 14.4 Å². The van der Waals surface area contributed by atoms with E-state index in [1.807, 2.05) is 4.90 Å². The molecule has 216 valence electrons. The van der Waals surface area contributed by atoms with E-state index in [1.165, 1.54) is 12.1 Å². The molecule has 9 nitrogen and oxygen atoms in total. The van der Waals surface area contributed by atoms with Crippen LogP contribution in [-0.2, 0) is 4.74 Å². The summed E-state index contributed by atoms with van der Waals surface area (Å²) in [5.74, 6) is 0.120. The standard InChI is InChI=1S/C29H30ClF2N5O4/c30-20-9-18(38)8-19(21(20)15-2-3-15)24-23(32)25-22-26(37-6-7-39-12-17(37)13-40-27(22)33-24)35-28(34-25)41-14-29-4-1-5-36(29)11-16(31)10-29/h8-9,15-17,38H,1-7,10-14H2/t16-,17+,29+/m1/s1. The second-order valence-electron chi connectivity index (χ2n) is 11.9. The summed E-state index contributed by atoms with van der Waals surface area (Å²) in [6, 6.07) is 2.85. The fraction of sp³-hybridized carbons (Fsp3) is 0.552. The van der Waals surface area contributed by atoms with E-state index in [1.54, 1.807) is 0 Å². The number of ether oxygens (including phenoxy) is 3. The molecule has 41 heavy (non-hydrogen) atoms. The van der Waals surface area contributed by atoms with Crippen LogP contribution in [-0.4, -0.2) is 88.8 Å². The molecule has 0 unspecified atom stereocenters. The molecule has 12 heteroatoms. The number of fused-ring (bicyclic) bond motifs is 3. The number of benzene rings is 1. The molecule has 1 saturated carbocycles. The Morgan fingerprint density at radius 2 is 2.05 bits per heavy atom. The van der Waals surface area contributed by atoms with Crippen LogP contribution in [0.5, 0.6) is 17.6 Å². The molecule has 4 fully saturated rings. The smallest absolute Gasteiger partial charge is 0.319 e. The molecule has 1 N–H and O–H groups in total. The van der Waals surface area contributed by atoms with E-state index < -0.39 is 17.5 Å². The number of morpholine rings is 1. The molecule has 5 aliphatic rings. The van der Waals surface area contributed by atoms with Gasteiger partial charge in [-0.1, -0.05) is 11.6 Å². The second kappa shape index (κ2) is 9.50. The SMILES string of the molecule is Oc1cc(Cl)c(C2CC2)c(-c2nc3c4c(nc(OC[C@@]56CCCN5C[C@H](F)C6)nc4c2F)N2CCOC[C@H]2CO3)c1. The van der Waals surface area contributed by atoms with E-state index in [2.05, 4.69) is 14.9 Å². The molecule has 3 aromatic rings. The van der Waals surface area contributed by atoms with Gasteiger partial charge in [0.25, 0.3) is 0 Å². The van der Waals surface area contributed by atoms with Crippen LogP contribution in [0.2, 0.25) is 5.02 Å². The maximum absolute atomic E-state index is 16.7. The van der Waals surface area contributed by atoms with Crippen molar-refractivity contribution in [1.29, 1.82) is 0 Å². The third-order valence-corrected chi connectivity index (χ3v) is 9.52. The number of anilines is 1. The first-order valence-electron chi connectivity index (χ1n) is 14.3. The van der Waals surface area contributed by atoms with Crippen molar-refractivity contribution in [2.45, 2.75) is 55.8 Å². The molecule has 1 aliphatic carbocycles. The van der Waals surface area contributed by atoms with Crippen molar-refractivity contribution < 1.29 is 28.1 Å². The van der Waals surface area contributed by atoms with Crippen molar-refractivity contribution in [3.8, 4) is 28.9 Å². The zero-order valence-corrected chi connectivity index (χ0v) is 23.2. The third-order valence-electron chi connectivity index (χ3n) is 9.21. The number of aromatic nitrogens is 3. The average Bonchev–Trinajstić information content (AvgIpc) is 3.67. The van der Waals surface area contributed by atoms with Gasteiger partial charge in [-0.25, -0.2) is 13.8 Å². The first kappa shape index (κ1) is 25.7. The van der Waals surface area contributed by atoms with Crippen LogP contribution in [0.15, 0.2) is 12.1 Å². The van der Waals surface area contributed by atoms with Crippen LogP contribution >= 0.6 is 11.6 Å². The predicted molar refractivity (Wildman–Crippen MR) is 147 cm³/mol. The highest BCUT2D eigenvalue weighted by Crippen LogP contribution is 2.50. The molecule has 1 aromatic carbocycles. The predicted octanol–water partition coefficient (Wildman–Crippen LogP) is 4.62. The van der Waals surface area contributed by atoms with Crippen molar-refractivity contribution in [1.82, 2.24) is 19.9 Å². The Hall–Kier alpha value is -3.02.